The van der Waals surface area contributed by atoms with Gasteiger partial charge in [0.25, 0.3) is 0 Å². The second-order valence-corrected chi connectivity index (χ2v) is 6.09. The van der Waals surface area contributed by atoms with Crippen LogP contribution in [0.25, 0.3) is 0 Å². The molecule has 1 aromatic rings. The summed E-state index contributed by atoms with van der Waals surface area (Å²) in [7, 11) is 1.73. The van der Waals surface area contributed by atoms with E-state index >= 15 is 0 Å². The molecule has 2 heterocycles. The van der Waals surface area contributed by atoms with E-state index in [9.17, 15) is 9.50 Å². The monoisotopic (exact) mass is 337 g/mol. The van der Waals surface area contributed by atoms with Crippen molar-refractivity contribution in [3.8, 4) is 5.75 Å². The molecule has 2 atom stereocenters. The maximum atomic E-state index is 13.4. The highest BCUT2D eigenvalue weighted by Crippen LogP contribution is 2.21. The number of aromatic hydroxyl groups is 1. The molecule has 0 spiro atoms. The molecule has 2 aliphatic heterocycles. The summed E-state index contributed by atoms with van der Waals surface area (Å²) in [4.78, 5) is 6.47. The fraction of sp³-hybridized carbons (Fsp3) is 0.588. The maximum Gasteiger partial charge on any atom is 0.194 e. The van der Waals surface area contributed by atoms with E-state index in [4.69, 9.17) is 9.47 Å². The van der Waals surface area contributed by atoms with Gasteiger partial charge in [-0.2, -0.15) is 0 Å². The van der Waals surface area contributed by atoms with Crippen molar-refractivity contribution in [1.82, 2.24) is 10.2 Å². The Bertz CT molecular complexity index is 590. The molecular weight excluding hydrogens is 313 g/mol. The lowest BCUT2D eigenvalue weighted by atomic mass is 10.1. The van der Waals surface area contributed by atoms with Gasteiger partial charge in [-0.1, -0.05) is 6.07 Å². The summed E-state index contributed by atoms with van der Waals surface area (Å²) in [6.45, 7) is 3.37. The van der Waals surface area contributed by atoms with Gasteiger partial charge < -0.3 is 24.8 Å². The molecule has 0 aliphatic carbocycles. The van der Waals surface area contributed by atoms with Crippen LogP contribution in [0.1, 0.15) is 18.4 Å². The predicted octanol–water partition coefficient (Wildman–Crippen LogP) is 1.49. The zero-order valence-electron chi connectivity index (χ0n) is 13.9. The van der Waals surface area contributed by atoms with Gasteiger partial charge >= 0.3 is 0 Å². The number of phenolic OH excluding ortho intramolecular Hbond substituents is 1. The smallest absolute Gasteiger partial charge is 0.194 e. The van der Waals surface area contributed by atoms with Crippen LogP contribution in [0.4, 0.5) is 4.39 Å². The number of aliphatic imine (C=N–C) groups is 1. The molecule has 0 aromatic heterocycles. The molecule has 24 heavy (non-hydrogen) atoms. The van der Waals surface area contributed by atoms with Gasteiger partial charge in [0.05, 0.1) is 12.7 Å². The Morgan fingerprint density at radius 1 is 1.38 bits per heavy atom. The molecule has 6 nitrogen and oxygen atoms in total. The number of phenols is 1. The summed E-state index contributed by atoms with van der Waals surface area (Å²) in [5, 5.41) is 12.5. The molecule has 2 fully saturated rings. The number of ether oxygens (including phenoxy) is 2. The van der Waals surface area contributed by atoms with Crippen LogP contribution >= 0.6 is 0 Å². The molecule has 7 heteroatoms. The Morgan fingerprint density at radius 2 is 2.21 bits per heavy atom. The fourth-order valence-electron chi connectivity index (χ4n) is 3.16. The average Bonchev–Trinajstić information content (AvgIpc) is 3.13. The Balaban J connectivity index is 1.57. The van der Waals surface area contributed by atoms with Crippen LogP contribution in [0.15, 0.2) is 23.2 Å². The van der Waals surface area contributed by atoms with Crippen LogP contribution < -0.4 is 5.32 Å². The number of hydrogen-bond donors (Lipinski definition) is 2. The predicted molar refractivity (Wildman–Crippen MR) is 88.6 cm³/mol. The summed E-state index contributed by atoms with van der Waals surface area (Å²) < 4.78 is 25.0. The van der Waals surface area contributed by atoms with Gasteiger partial charge in [0, 0.05) is 33.3 Å². The van der Waals surface area contributed by atoms with Crippen LogP contribution in [0.5, 0.6) is 5.75 Å². The highest BCUT2D eigenvalue weighted by Gasteiger charge is 2.32. The molecule has 0 radical (unpaired) electrons. The lowest BCUT2D eigenvalue weighted by molar-refractivity contribution is -0.0817. The highest BCUT2D eigenvalue weighted by atomic mass is 19.1. The van der Waals surface area contributed by atoms with Crippen molar-refractivity contribution < 1.29 is 19.0 Å². The van der Waals surface area contributed by atoms with Crippen molar-refractivity contribution in [2.24, 2.45) is 4.99 Å². The summed E-state index contributed by atoms with van der Waals surface area (Å²) in [5.41, 5.74) is 0.746. The topological polar surface area (TPSA) is 66.3 Å². The minimum Gasteiger partial charge on any atom is -0.505 e. The van der Waals surface area contributed by atoms with Gasteiger partial charge in [0.15, 0.2) is 17.5 Å². The molecule has 2 aliphatic rings. The Kier molecular flexibility index (Phi) is 5.52. The molecule has 3 rings (SSSR count). The molecule has 0 amide bonds. The average molecular weight is 337 g/mol. The van der Waals surface area contributed by atoms with Crippen molar-refractivity contribution >= 4 is 5.96 Å². The van der Waals surface area contributed by atoms with Gasteiger partial charge in [0.2, 0.25) is 0 Å². The number of nitrogens with zero attached hydrogens (tertiary/aromatic N) is 2. The van der Waals surface area contributed by atoms with E-state index in [2.05, 4.69) is 15.2 Å². The van der Waals surface area contributed by atoms with Gasteiger partial charge in [-0.15, -0.1) is 0 Å². The van der Waals surface area contributed by atoms with Crippen molar-refractivity contribution in [3.05, 3.63) is 29.6 Å². The van der Waals surface area contributed by atoms with Gasteiger partial charge in [-0.05, 0) is 30.5 Å². The highest BCUT2D eigenvalue weighted by molar-refractivity contribution is 5.80. The SMILES string of the molecule is CN=C(NCc1ccc(O)c(F)c1)N1CCOC(C2CCCO2)C1. The van der Waals surface area contributed by atoms with E-state index in [0.29, 0.717) is 13.2 Å². The number of morpholine rings is 1. The summed E-state index contributed by atoms with van der Waals surface area (Å²) in [6.07, 6.45) is 2.35. The summed E-state index contributed by atoms with van der Waals surface area (Å²) in [5.74, 6) is -0.195. The standard InChI is InChI=1S/C17H24FN3O3/c1-19-17(20-10-12-4-5-14(22)13(18)9-12)21-6-8-24-16(11-21)15-3-2-7-23-15/h4-5,9,15-16,22H,2-3,6-8,10-11H2,1H3,(H,19,20). The van der Waals surface area contributed by atoms with E-state index in [1.165, 1.54) is 12.1 Å². The first-order chi connectivity index (χ1) is 11.7. The molecule has 0 bridgehead atoms. The molecular formula is C17H24FN3O3. The van der Waals surface area contributed by atoms with Crippen molar-refractivity contribution in [2.45, 2.75) is 31.6 Å². The third-order valence-electron chi connectivity index (χ3n) is 4.45. The van der Waals surface area contributed by atoms with Crippen molar-refractivity contribution in [1.29, 1.82) is 0 Å². The third kappa shape index (κ3) is 3.96. The second-order valence-electron chi connectivity index (χ2n) is 6.09. The van der Waals surface area contributed by atoms with Crippen molar-refractivity contribution in [3.63, 3.8) is 0 Å². The van der Waals surface area contributed by atoms with E-state index in [1.54, 1.807) is 13.1 Å². The Labute approximate surface area is 141 Å². The number of rotatable bonds is 3. The van der Waals surface area contributed by atoms with Crippen molar-refractivity contribution in [2.75, 3.05) is 33.4 Å². The third-order valence-corrected chi connectivity index (χ3v) is 4.45. The number of halogens is 1. The maximum absolute atomic E-state index is 13.4. The van der Waals surface area contributed by atoms with Gasteiger partial charge in [-0.25, -0.2) is 4.39 Å². The molecule has 2 saturated heterocycles. The zero-order chi connectivity index (χ0) is 16.9. The van der Waals surface area contributed by atoms with E-state index < -0.39 is 5.82 Å². The fourth-order valence-corrected chi connectivity index (χ4v) is 3.16. The van der Waals surface area contributed by atoms with E-state index in [1.807, 2.05) is 0 Å². The van der Waals surface area contributed by atoms with Crippen LogP contribution in [0, 0.1) is 5.82 Å². The first kappa shape index (κ1) is 17.0. The zero-order valence-corrected chi connectivity index (χ0v) is 13.9. The van der Waals surface area contributed by atoms with Crippen LogP contribution in [0.2, 0.25) is 0 Å². The summed E-state index contributed by atoms with van der Waals surface area (Å²) in [6, 6.07) is 4.37. The normalized spacial score (nSPS) is 25.1. The first-order valence-corrected chi connectivity index (χ1v) is 8.33. The lowest BCUT2D eigenvalue weighted by Gasteiger charge is -2.37. The van der Waals surface area contributed by atoms with Crippen LogP contribution in [0.3, 0.4) is 0 Å². The number of hydrogen-bond acceptors (Lipinski definition) is 4. The van der Waals surface area contributed by atoms with Crippen LogP contribution in [-0.4, -0.2) is 61.5 Å². The molecule has 0 saturated carbocycles. The minimum absolute atomic E-state index is 0.0610. The second kappa shape index (κ2) is 7.81. The Hall–Kier alpha value is -1.86. The number of benzene rings is 1. The number of nitrogens with one attached hydrogen (secondary N) is 1. The van der Waals surface area contributed by atoms with Crippen LogP contribution in [-0.2, 0) is 16.0 Å². The first-order valence-electron chi connectivity index (χ1n) is 8.33. The minimum atomic E-state index is -0.617. The largest absolute Gasteiger partial charge is 0.505 e. The van der Waals surface area contributed by atoms with Gasteiger partial charge in [-0.3, -0.25) is 4.99 Å². The summed E-state index contributed by atoms with van der Waals surface area (Å²) >= 11 is 0. The number of guanidine groups is 1. The van der Waals surface area contributed by atoms with E-state index in [-0.39, 0.29) is 18.0 Å². The van der Waals surface area contributed by atoms with Gasteiger partial charge in [0.1, 0.15) is 6.10 Å². The lowest BCUT2D eigenvalue weighted by Crippen LogP contribution is -2.53. The molecule has 2 N–H and O–H groups in total. The quantitative estimate of drug-likeness (QED) is 0.646. The molecule has 2 unspecified atom stereocenters. The van der Waals surface area contributed by atoms with E-state index in [0.717, 1.165) is 44.1 Å². The Morgan fingerprint density at radius 3 is 2.92 bits per heavy atom. The molecule has 1 aromatic carbocycles. The molecule has 132 valence electrons.